The highest BCUT2D eigenvalue weighted by molar-refractivity contribution is 7.99. The summed E-state index contributed by atoms with van der Waals surface area (Å²) in [6, 6.07) is -1.41. The first-order valence-corrected chi connectivity index (χ1v) is 28.1. The van der Waals surface area contributed by atoms with Crippen LogP contribution in [0.4, 0.5) is 0 Å². The quantitative estimate of drug-likeness (QED) is 0.0394. The van der Waals surface area contributed by atoms with Crippen LogP contribution < -0.4 is 27.0 Å². The number of amides is 4. The fourth-order valence-electron chi connectivity index (χ4n) is 6.79. The molecule has 0 aliphatic rings. The number of carbonyl (C=O) groups excluding carboxylic acids is 7. The van der Waals surface area contributed by atoms with E-state index >= 15 is 0 Å². The third-order valence-electron chi connectivity index (χ3n) is 11.6. The SMILES string of the molecule is CC(=O)[C@H](C)N.CC[C@@H](CSCC(=O)NCCNC(=O)COCCOCCNC(=O)COCCOCCCC(=O)CC[C@H](NC(=O)CCCCCCCCCCCCCCC(=O)O)C(=O)O)C(=O)CC[C@@H](CO)C(=O)O. The highest BCUT2D eigenvalue weighted by Crippen LogP contribution is 2.18. The van der Waals surface area contributed by atoms with Gasteiger partial charge in [-0.3, -0.25) is 43.2 Å². The smallest absolute Gasteiger partial charge is 0.326 e. The third kappa shape index (κ3) is 49.0. The first-order chi connectivity index (χ1) is 36.3. The molecule has 0 aromatic carbocycles. The van der Waals surface area contributed by atoms with Crippen molar-refractivity contribution in [2.75, 3.05) is 90.6 Å². The molecule has 0 saturated carbocycles. The molecule has 0 saturated heterocycles. The molecule has 0 aliphatic carbocycles. The molecule has 0 fully saturated rings. The molecule has 0 bridgehead atoms. The van der Waals surface area contributed by atoms with E-state index in [-0.39, 0.29) is 176 Å². The number of carbonyl (C=O) groups is 10. The van der Waals surface area contributed by atoms with Gasteiger partial charge in [-0.1, -0.05) is 71.1 Å². The van der Waals surface area contributed by atoms with Crippen LogP contribution in [0.2, 0.25) is 0 Å². The van der Waals surface area contributed by atoms with E-state index in [1.54, 1.807) is 6.92 Å². The molecule has 0 unspecified atom stereocenters. The Bertz CT molecular complexity index is 1640. The van der Waals surface area contributed by atoms with Crippen LogP contribution in [0.25, 0.3) is 0 Å². The predicted octanol–water partition coefficient (Wildman–Crippen LogP) is 3.37. The zero-order valence-electron chi connectivity index (χ0n) is 45.5. The summed E-state index contributed by atoms with van der Waals surface area (Å²) < 4.78 is 21.4. The number of hydrogen-bond acceptors (Lipinski definition) is 17. The molecule has 0 aromatic heterocycles. The molecular weight excluding hydrogens is 1010 g/mol. The van der Waals surface area contributed by atoms with Gasteiger partial charge >= 0.3 is 17.9 Å². The molecular formula is C52H93N5O18S. The van der Waals surface area contributed by atoms with Crippen molar-refractivity contribution in [3.63, 3.8) is 0 Å². The van der Waals surface area contributed by atoms with Gasteiger partial charge in [0.1, 0.15) is 36.6 Å². The van der Waals surface area contributed by atoms with E-state index in [0.29, 0.717) is 25.0 Å². The van der Waals surface area contributed by atoms with Gasteiger partial charge in [0.2, 0.25) is 23.6 Å². The first kappa shape index (κ1) is 73.5. The van der Waals surface area contributed by atoms with Crippen molar-refractivity contribution < 1.29 is 87.3 Å². The van der Waals surface area contributed by atoms with Crippen molar-refractivity contribution >= 4 is 70.6 Å². The Morgan fingerprint density at radius 3 is 1.50 bits per heavy atom. The maximum Gasteiger partial charge on any atom is 0.326 e. The summed E-state index contributed by atoms with van der Waals surface area (Å²) in [6.45, 7) is 5.93. The summed E-state index contributed by atoms with van der Waals surface area (Å²) in [4.78, 5) is 116. The highest BCUT2D eigenvalue weighted by atomic mass is 32.2. The number of thioether (sulfide) groups is 1. The monoisotopic (exact) mass is 1110 g/mol. The normalized spacial score (nSPS) is 12.5. The topological polar surface area (TPSA) is 363 Å². The number of unbranched alkanes of at least 4 members (excludes halogenated alkanes) is 11. The number of nitrogens with two attached hydrogens (primary N) is 1. The van der Waals surface area contributed by atoms with Crippen LogP contribution >= 0.6 is 11.8 Å². The van der Waals surface area contributed by atoms with Gasteiger partial charge in [-0.05, 0) is 52.4 Å². The van der Waals surface area contributed by atoms with E-state index in [1.807, 2.05) is 6.92 Å². The van der Waals surface area contributed by atoms with Gasteiger partial charge in [-0.2, -0.15) is 11.8 Å². The highest BCUT2D eigenvalue weighted by Gasteiger charge is 2.23. The number of aliphatic carboxylic acids is 3. The van der Waals surface area contributed by atoms with Gasteiger partial charge in [0.05, 0.1) is 57.4 Å². The molecule has 0 aromatic rings. The lowest BCUT2D eigenvalue weighted by atomic mass is 9.95. The second-order valence-electron chi connectivity index (χ2n) is 18.4. The summed E-state index contributed by atoms with van der Waals surface area (Å²) in [5.74, 6) is -5.28. The number of carboxylic acid groups (broad SMARTS) is 3. The number of nitrogens with one attached hydrogen (secondary N) is 4. The summed E-state index contributed by atoms with van der Waals surface area (Å²) in [5.41, 5.74) is 5.09. The summed E-state index contributed by atoms with van der Waals surface area (Å²) in [5, 5.41) is 46.8. The maximum absolute atomic E-state index is 12.4. The Morgan fingerprint density at radius 1 is 0.526 bits per heavy atom. The number of carboxylic acids is 3. The maximum atomic E-state index is 12.4. The molecule has 440 valence electrons. The Hall–Kier alpha value is -4.59. The van der Waals surface area contributed by atoms with Crippen molar-refractivity contribution in [1.29, 1.82) is 0 Å². The second kappa shape index (κ2) is 51.2. The Morgan fingerprint density at radius 2 is 1.01 bits per heavy atom. The molecule has 0 spiro atoms. The van der Waals surface area contributed by atoms with Crippen LogP contribution in [0.1, 0.15) is 156 Å². The Balaban J connectivity index is 0. The van der Waals surface area contributed by atoms with Gasteiger partial charge < -0.3 is 66.4 Å². The largest absolute Gasteiger partial charge is 0.481 e. The molecule has 23 nitrogen and oxygen atoms in total. The lowest BCUT2D eigenvalue weighted by Gasteiger charge is -2.15. The molecule has 0 radical (unpaired) electrons. The number of rotatable bonds is 52. The minimum Gasteiger partial charge on any atom is -0.481 e. The van der Waals surface area contributed by atoms with Crippen LogP contribution in [-0.4, -0.2) is 182 Å². The minimum absolute atomic E-state index is 0.0145. The van der Waals surface area contributed by atoms with E-state index in [4.69, 9.17) is 40.0 Å². The van der Waals surface area contributed by atoms with Crippen molar-refractivity contribution in [2.24, 2.45) is 17.6 Å². The third-order valence-corrected chi connectivity index (χ3v) is 12.7. The number of hydrogen-bond donors (Lipinski definition) is 9. The van der Waals surface area contributed by atoms with Gasteiger partial charge in [0.15, 0.2) is 0 Å². The molecule has 4 atom stereocenters. The lowest BCUT2D eigenvalue weighted by Crippen LogP contribution is -2.41. The van der Waals surface area contributed by atoms with Crippen molar-refractivity contribution in [1.82, 2.24) is 21.3 Å². The number of Topliss-reactive ketones (excluding diaryl/α,β-unsaturated/α-hetero) is 3. The van der Waals surface area contributed by atoms with Gasteiger partial charge in [-0.15, -0.1) is 0 Å². The average molecular weight is 1110 g/mol. The zero-order chi connectivity index (χ0) is 57.2. The number of aliphatic hydroxyl groups excluding tert-OH is 1. The standard InChI is InChI=1S/C48H84N4O17S.C4H9NO/c1-2-37(41(55)22-19-38(32-53)47(62)63)35-70-36-45(59)50-24-23-49-43(57)33-69-31-29-67-27-25-51-44(58)34-68-30-28-66-26-15-16-39(54)20-21-40(48(64)65)52-42(56)17-13-11-9-7-5-3-4-6-8-10-12-14-18-46(60)61;1-3(5)4(2)6/h37-38,40,53H,2-36H2,1H3,(H,49,57)(H,50,59)(H,51,58)(H,52,56)(H,60,61)(H,62,63)(H,64,65);3H,5H2,1-2H3/t37-,38-,40-;3-/m00/s1. The summed E-state index contributed by atoms with van der Waals surface area (Å²) >= 11 is 1.29. The number of ketones is 3. The Labute approximate surface area is 453 Å². The van der Waals surface area contributed by atoms with Crippen molar-refractivity contribution in [3.8, 4) is 0 Å². The molecule has 24 heteroatoms. The minimum atomic E-state index is -1.17. The van der Waals surface area contributed by atoms with E-state index in [2.05, 4.69) is 21.3 Å². The first-order valence-electron chi connectivity index (χ1n) is 26.9. The van der Waals surface area contributed by atoms with Gasteiger partial charge in [0, 0.05) is 70.0 Å². The number of aliphatic hydroxyl groups is 1. The van der Waals surface area contributed by atoms with Gasteiger partial charge in [0.25, 0.3) is 0 Å². The van der Waals surface area contributed by atoms with E-state index in [1.165, 1.54) is 37.9 Å². The molecule has 0 heterocycles. The summed E-state index contributed by atoms with van der Waals surface area (Å²) in [7, 11) is 0. The van der Waals surface area contributed by atoms with Gasteiger partial charge in [-0.25, -0.2) is 4.79 Å². The fraction of sp³-hybridized carbons (Fsp3) is 0.808. The van der Waals surface area contributed by atoms with Crippen molar-refractivity contribution in [3.05, 3.63) is 0 Å². The van der Waals surface area contributed by atoms with E-state index in [9.17, 15) is 53.1 Å². The molecule has 10 N–H and O–H groups in total. The molecule has 76 heavy (non-hydrogen) atoms. The van der Waals surface area contributed by atoms with Crippen LogP contribution in [0.15, 0.2) is 0 Å². The Kier molecular flexibility index (Phi) is 49.5. The fourth-order valence-corrected chi connectivity index (χ4v) is 7.90. The van der Waals surface area contributed by atoms with Crippen LogP contribution in [0, 0.1) is 11.8 Å². The molecule has 0 rings (SSSR count). The van der Waals surface area contributed by atoms with Crippen LogP contribution in [-0.2, 0) is 66.9 Å². The van der Waals surface area contributed by atoms with Crippen molar-refractivity contribution in [2.45, 2.75) is 168 Å². The zero-order valence-corrected chi connectivity index (χ0v) is 46.4. The predicted molar refractivity (Wildman–Crippen MR) is 286 cm³/mol. The summed E-state index contributed by atoms with van der Waals surface area (Å²) in [6.07, 6.45) is 14.1. The molecule has 0 aliphatic heterocycles. The van der Waals surface area contributed by atoms with Crippen LogP contribution in [0.3, 0.4) is 0 Å². The average Bonchev–Trinajstić information content (AvgIpc) is 3.37. The number of ether oxygens (including phenoxy) is 4. The molecule has 4 amide bonds. The van der Waals surface area contributed by atoms with E-state index < -0.39 is 36.5 Å². The second-order valence-corrected chi connectivity index (χ2v) is 19.4. The van der Waals surface area contributed by atoms with Crippen LogP contribution in [0.5, 0.6) is 0 Å². The van der Waals surface area contributed by atoms with E-state index in [0.717, 1.165) is 51.4 Å². The lowest BCUT2D eigenvalue weighted by molar-refractivity contribution is -0.144.